The quantitative estimate of drug-likeness (QED) is 0.763. The molecule has 68 valence electrons. The fourth-order valence-corrected chi connectivity index (χ4v) is 1.05. The molecule has 0 unspecified atom stereocenters. The molecule has 1 rings (SSSR count). The SMILES string of the molecule is O=C(O)c1ccc(Cl)cc1C(=O)O. The van der Waals surface area contributed by atoms with Gasteiger partial charge in [0, 0.05) is 5.02 Å². The van der Waals surface area contributed by atoms with Crippen LogP contribution in [0.5, 0.6) is 0 Å². The van der Waals surface area contributed by atoms with E-state index in [1.54, 1.807) is 0 Å². The van der Waals surface area contributed by atoms with Crippen LogP contribution in [0.2, 0.25) is 5.02 Å². The number of carbonyl (C=O) groups is 2. The summed E-state index contributed by atoms with van der Waals surface area (Å²) in [5, 5.41) is 17.4. The lowest BCUT2D eigenvalue weighted by molar-refractivity contribution is 0.0651. The van der Waals surface area contributed by atoms with Crippen LogP contribution >= 0.6 is 11.6 Å². The van der Waals surface area contributed by atoms with E-state index in [4.69, 9.17) is 21.8 Å². The molecule has 0 saturated heterocycles. The average Bonchev–Trinajstić information content (AvgIpc) is 2.03. The van der Waals surface area contributed by atoms with Crippen LogP contribution in [-0.2, 0) is 0 Å². The molecule has 0 spiro atoms. The van der Waals surface area contributed by atoms with E-state index in [-0.39, 0.29) is 16.1 Å². The van der Waals surface area contributed by atoms with E-state index >= 15 is 0 Å². The maximum atomic E-state index is 10.6. The second kappa shape index (κ2) is 3.45. The Morgan fingerprint density at radius 3 is 2.08 bits per heavy atom. The highest BCUT2D eigenvalue weighted by Crippen LogP contribution is 2.16. The zero-order chi connectivity index (χ0) is 10.0. The fraction of sp³-hybridized carbons (Fsp3) is 0. The highest BCUT2D eigenvalue weighted by molar-refractivity contribution is 6.31. The molecule has 13 heavy (non-hydrogen) atoms. The number of hydrogen-bond acceptors (Lipinski definition) is 2. The highest BCUT2D eigenvalue weighted by atomic mass is 35.5. The molecule has 0 radical (unpaired) electrons. The second-order valence-electron chi connectivity index (χ2n) is 2.30. The molecular formula is C8H5ClO4. The summed E-state index contributed by atoms with van der Waals surface area (Å²) in [5.74, 6) is -2.59. The first kappa shape index (κ1) is 9.54. The zero-order valence-electron chi connectivity index (χ0n) is 6.32. The standard InChI is InChI=1S/C8H5ClO4/c9-4-1-2-5(7(10)11)6(3-4)8(12)13/h1-3H,(H,10,11)(H,12,13). The van der Waals surface area contributed by atoms with Crippen LogP contribution in [0.1, 0.15) is 20.7 Å². The van der Waals surface area contributed by atoms with Gasteiger partial charge in [0.05, 0.1) is 11.1 Å². The Kier molecular flexibility index (Phi) is 2.53. The number of halogens is 1. The lowest BCUT2D eigenvalue weighted by Crippen LogP contribution is -2.07. The number of rotatable bonds is 2. The Labute approximate surface area is 78.4 Å². The van der Waals surface area contributed by atoms with Gasteiger partial charge < -0.3 is 10.2 Å². The number of aromatic carboxylic acids is 2. The summed E-state index contributed by atoms with van der Waals surface area (Å²) < 4.78 is 0. The molecule has 0 fully saturated rings. The van der Waals surface area contributed by atoms with Crippen molar-refractivity contribution >= 4 is 23.5 Å². The molecule has 1 aromatic carbocycles. The van der Waals surface area contributed by atoms with Gasteiger partial charge in [-0.15, -0.1) is 0 Å². The van der Waals surface area contributed by atoms with Gasteiger partial charge in [0.2, 0.25) is 0 Å². The molecule has 5 heteroatoms. The molecule has 0 heterocycles. The Morgan fingerprint density at radius 1 is 1.08 bits per heavy atom. The van der Waals surface area contributed by atoms with E-state index in [2.05, 4.69) is 0 Å². The predicted octanol–water partition coefficient (Wildman–Crippen LogP) is 1.74. The third-order valence-electron chi connectivity index (χ3n) is 1.44. The monoisotopic (exact) mass is 200 g/mol. The van der Waals surface area contributed by atoms with E-state index in [1.807, 2.05) is 0 Å². The van der Waals surface area contributed by atoms with Gasteiger partial charge in [-0.25, -0.2) is 9.59 Å². The molecular weight excluding hydrogens is 196 g/mol. The van der Waals surface area contributed by atoms with Gasteiger partial charge in [0.1, 0.15) is 0 Å². The van der Waals surface area contributed by atoms with Gasteiger partial charge in [-0.3, -0.25) is 0 Å². The lowest BCUT2D eigenvalue weighted by Gasteiger charge is -2.00. The number of benzene rings is 1. The minimum Gasteiger partial charge on any atom is -0.478 e. The molecule has 0 saturated carbocycles. The number of carboxylic acid groups (broad SMARTS) is 2. The molecule has 0 amide bonds. The molecule has 0 aliphatic heterocycles. The van der Waals surface area contributed by atoms with Crippen molar-refractivity contribution in [3.8, 4) is 0 Å². The van der Waals surface area contributed by atoms with E-state index in [0.29, 0.717) is 0 Å². The summed E-state index contributed by atoms with van der Waals surface area (Å²) in [5.41, 5.74) is -0.572. The second-order valence-corrected chi connectivity index (χ2v) is 2.74. The maximum absolute atomic E-state index is 10.6. The molecule has 2 N–H and O–H groups in total. The Balaban J connectivity index is 3.35. The van der Waals surface area contributed by atoms with Gasteiger partial charge in [0.15, 0.2) is 0 Å². The number of hydrogen-bond donors (Lipinski definition) is 2. The van der Waals surface area contributed by atoms with E-state index < -0.39 is 11.9 Å². The first-order valence-corrected chi connectivity index (χ1v) is 3.66. The smallest absolute Gasteiger partial charge is 0.336 e. The van der Waals surface area contributed by atoms with Crippen LogP contribution in [0.15, 0.2) is 18.2 Å². The van der Waals surface area contributed by atoms with Crippen LogP contribution in [-0.4, -0.2) is 22.2 Å². The summed E-state index contributed by atoms with van der Waals surface area (Å²) in [6, 6.07) is 3.60. The summed E-state index contributed by atoms with van der Waals surface area (Å²) in [6.45, 7) is 0. The van der Waals surface area contributed by atoms with E-state index in [1.165, 1.54) is 6.07 Å². The lowest BCUT2D eigenvalue weighted by atomic mass is 10.1. The van der Waals surface area contributed by atoms with E-state index in [0.717, 1.165) is 12.1 Å². The Morgan fingerprint density at radius 2 is 1.62 bits per heavy atom. The van der Waals surface area contributed by atoms with Crippen LogP contribution in [0.25, 0.3) is 0 Å². The van der Waals surface area contributed by atoms with Crippen molar-refractivity contribution < 1.29 is 19.8 Å². The normalized spacial score (nSPS) is 9.62. The third-order valence-corrected chi connectivity index (χ3v) is 1.68. The van der Waals surface area contributed by atoms with Crippen molar-refractivity contribution in [1.29, 1.82) is 0 Å². The Hall–Kier alpha value is -1.55. The molecule has 4 nitrogen and oxygen atoms in total. The summed E-state index contributed by atoms with van der Waals surface area (Å²) >= 11 is 5.51. The fourth-order valence-electron chi connectivity index (χ4n) is 0.880. The van der Waals surface area contributed by atoms with Crippen molar-refractivity contribution in [3.05, 3.63) is 34.3 Å². The van der Waals surface area contributed by atoms with Gasteiger partial charge >= 0.3 is 11.9 Å². The van der Waals surface area contributed by atoms with Crippen molar-refractivity contribution in [2.45, 2.75) is 0 Å². The third kappa shape index (κ3) is 1.97. The molecule has 0 atom stereocenters. The van der Waals surface area contributed by atoms with Crippen LogP contribution in [0.3, 0.4) is 0 Å². The summed E-state index contributed by atoms with van der Waals surface area (Å²) in [4.78, 5) is 21.1. The largest absolute Gasteiger partial charge is 0.478 e. The Bertz CT molecular complexity index is 372. The minimum atomic E-state index is -1.31. The summed E-state index contributed by atoms with van der Waals surface area (Å²) in [7, 11) is 0. The molecule has 1 aromatic rings. The summed E-state index contributed by atoms with van der Waals surface area (Å²) in [6.07, 6.45) is 0. The van der Waals surface area contributed by atoms with Crippen LogP contribution in [0.4, 0.5) is 0 Å². The maximum Gasteiger partial charge on any atom is 0.336 e. The van der Waals surface area contributed by atoms with Crippen molar-refractivity contribution in [3.63, 3.8) is 0 Å². The van der Waals surface area contributed by atoms with Crippen molar-refractivity contribution in [2.24, 2.45) is 0 Å². The highest BCUT2D eigenvalue weighted by Gasteiger charge is 2.15. The molecule has 0 bridgehead atoms. The van der Waals surface area contributed by atoms with Gasteiger partial charge in [-0.1, -0.05) is 11.6 Å². The van der Waals surface area contributed by atoms with Crippen molar-refractivity contribution in [2.75, 3.05) is 0 Å². The minimum absolute atomic E-state index is 0.197. The van der Waals surface area contributed by atoms with Gasteiger partial charge in [-0.2, -0.15) is 0 Å². The molecule has 0 aliphatic rings. The molecule has 0 aromatic heterocycles. The predicted molar refractivity (Wildman–Crippen MR) is 45.4 cm³/mol. The first-order chi connectivity index (χ1) is 6.02. The van der Waals surface area contributed by atoms with Crippen LogP contribution in [0, 0.1) is 0 Å². The topological polar surface area (TPSA) is 74.6 Å². The van der Waals surface area contributed by atoms with E-state index in [9.17, 15) is 9.59 Å². The average molecular weight is 201 g/mol. The van der Waals surface area contributed by atoms with Crippen molar-refractivity contribution in [1.82, 2.24) is 0 Å². The van der Waals surface area contributed by atoms with Gasteiger partial charge in [0.25, 0.3) is 0 Å². The molecule has 0 aliphatic carbocycles. The van der Waals surface area contributed by atoms with Gasteiger partial charge in [-0.05, 0) is 18.2 Å². The number of carboxylic acids is 2. The zero-order valence-corrected chi connectivity index (χ0v) is 7.08. The van der Waals surface area contributed by atoms with Crippen LogP contribution < -0.4 is 0 Å². The first-order valence-electron chi connectivity index (χ1n) is 3.28.